The number of carbonyl (C=O) groups excluding carboxylic acids is 3. The Bertz CT molecular complexity index is 1010. The molecule has 0 fully saturated rings. The van der Waals surface area contributed by atoms with Gasteiger partial charge in [-0.05, 0) is 96.6 Å². The van der Waals surface area contributed by atoms with Gasteiger partial charge in [-0.25, -0.2) is 4.79 Å². The Morgan fingerprint density at radius 3 is 1.49 bits per heavy atom. The van der Waals surface area contributed by atoms with Crippen molar-refractivity contribution in [3.63, 3.8) is 0 Å². The molecule has 0 rings (SSSR count). The molecule has 358 valence electrons. The number of hydrogen-bond acceptors (Lipinski definition) is 8. The van der Waals surface area contributed by atoms with E-state index in [1.807, 2.05) is 0 Å². The van der Waals surface area contributed by atoms with Crippen molar-refractivity contribution in [2.24, 2.45) is 5.92 Å². The lowest BCUT2D eigenvalue weighted by atomic mass is 10.0. The molecule has 0 aromatic rings. The molecular weight excluding hydrogens is 763 g/mol. The summed E-state index contributed by atoms with van der Waals surface area (Å²) in [6.45, 7) is 14.5. The van der Waals surface area contributed by atoms with Crippen LogP contribution < -0.4 is 0 Å². The number of allylic oxidation sites excluding steroid dienone is 4. The van der Waals surface area contributed by atoms with Crippen LogP contribution in [0, 0.1) is 5.92 Å². The molecule has 61 heavy (non-hydrogen) atoms. The van der Waals surface area contributed by atoms with E-state index in [-0.39, 0.29) is 37.2 Å². The predicted molar refractivity (Wildman–Crippen MR) is 257 cm³/mol. The average molecular weight is 862 g/mol. The maximum atomic E-state index is 12.9. The normalized spacial score (nSPS) is 12.2. The van der Waals surface area contributed by atoms with Gasteiger partial charge in [0, 0.05) is 25.3 Å². The van der Waals surface area contributed by atoms with Crippen LogP contribution in [-0.2, 0) is 28.5 Å². The van der Waals surface area contributed by atoms with Crippen LogP contribution in [0.3, 0.4) is 0 Å². The van der Waals surface area contributed by atoms with Crippen molar-refractivity contribution in [3.8, 4) is 0 Å². The summed E-state index contributed by atoms with van der Waals surface area (Å²) in [4.78, 5) is 40.2. The Balaban J connectivity index is 4.65. The molecule has 0 aliphatic rings. The molecule has 0 aromatic carbocycles. The fraction of sp³-hybridized carbons (Fsp3) is 0.868. The van der Waals surface area contributed by atoms with Crippen LogP contribution in [0.25, 0.3) is 0 Å². The van der Waals surface area contributed by atoms with Gasteiger partial charge in [0.25, 0.3) is 0 Å². The molecule has 1 atom stereocenters. The predicted octanol–water partition coefficient (Wildman–Crippen LogP) is 15.6. The van der Waals surface area contributed by atoms with Crippen molar-refractivity contribution < 1.29 is 33.3 Å². The molecule has 0 aliphatic carbocycles. The van der Waals surface area contributed by atoms with E-state index in [2.05, 4.69) is 63.8 Å². The van der Waals surface area contributed by atoms with Gasteiger partial charge in [0.15, 0.2) is 0 Å². The Hall–Kier alpha value is -2.35. The van der Waals surface area contributed by atoms with E-state index >= 15 is 0 Å². The van der Waals surface area contributed by atoms with Crippen LogP contribution in [0.1, 0.15) is 247 Å². The highest BCUT2D eigenvalue weighted by molar-refractivity contribution is 5.69. The number of carbonyl (C=O) groups is 3. The van der Waals surface area contributed by atoms with Gasteiger partial charge in [0.05, 0.1) is 13.2 Å². The van der Waals surface area contributed by atoms with Crippen molar-refractivity contribution in [1.29, 1.82) is 0 Å². The molecular formula is C53H99NO7. The van der Waals surface area contributed by atoms with E-state index < -0.39 is 6.16 Å². The SMILES string of the molecule is CCCCC/C=C\C/C=C\CCCCCCCC(=O)OCC(CCCCCCC(=O)OC(CCCCCCCC)CCCCCCCC)COC(=O)OCCCN(CC)CC. The molecule has 8 heteroatoms. The molecule has 0 saturated carbocycles. The molecule has 0 bridgehead atoms. The lowest BCUT2D eigenvalue weighted by molar-refractivity contribution is -0.150. The highest BCUT2D eigenvalue weighted by Gasteiger charge is 2.17. The van der Waals surface area contributed by atoms with Crippen LogP contribution in [0.2, 0.25) is 0 Å². The van der Waals surface area contributed by atoms with Crippen molar-refractivity contribution in [2.45, 2.75) is 253 Å². The monoisotopic (exact) mass is 862 g/mol. The van der Waals surface area contributed by atoms with Crippen LogP contribution in [0.15, 0.2) is 24.3 Å². The Morgan fingerprint density at radius 1 is 0.459 bits per heavy atom. The minimum absolute atomic E-state index is 0.0532. The first kappa shape index (κ1) is 58.6. The number of rotatable bonds is 46. The molecule has 0 N–H and O–H groups in total. The minimum Gasteiger partial charge on any atom is -0.465 e. The molecule has 0 aliphatic heterocycles. The fourth-order valence-electron chi connectivity index (χ4n) is 7.66. The topological polar surface area (TPSA) is 91.4 Å². The highest BCUT2D eigenvalue weighted by Crippen LogP contribution is 2.19. The van der Waals surface area contributed by atoms with Crippen molar-refractivity contribution in [1.82, 2.24) is 4.90 Å². The number of esters is 2. The first-order chi connectivity index (χ1) is 29.9. The summed E-state index contributed by atoms with van der Waals surface area (Å²) in [5.74, 6) is -0.328. The van der Waals surface area contributed by atoms with Gasteiger partial charge in [-0.2, -0.15) is 0 Å². The fourth-order valence-corrected chi connectivity index (χ4v) is 7.66. The zero-order chi connectivity index (χ0) is 44.7. The summed E-state index contributed by atoms with van der Waals surface area (Å²) in [7, 11) is 0. The third kappa shape index (κ3) is 42.7. The first-order valence-corrected chi connectivity index (χ1v) is 26.1. The van der Waals surface area contributed by atoms with Crippen LogP contribution in [-0.4, -0.2) is 68.6 Å². The summed E-state index contributed by atoms with van der Waals surface area (Å²) in [6, 6.07) is 0. The number of hydrogen-bond donors (Lipinski definition) is 0. The van der Waals surface area contributed by atoms with Gasteiger partial charge < -0.3 is 23.8 Å². The largest absolute Gasteiger partial charge is 0.508 e. The number of ether oxygens (including phenoxy) is 4. The average Bonchev–Trinajstić information content (AvgIpc) is 3.26. The van der Waals surface area contributed by atoms with E-state index in [4.69, 9.17) is 18.9 Å². The molecule has 0 radical (unpaired) electrons. The lowest BCUT2D eigenvalue weighted by Gasteiger charge is -2.19. The standard InChI is InChI=1S/C53H99NO7/c1-6-11-14-17-20-21-22-23-24-25-26-27-28-31-37-43-51(55)59-47-49(48-60-53(57)58-46-39-45-54(9-4)10-5)40-34-32-33-38-44-52(56)61-50(41-35-29-18-15-12-7-2)42-36-30-19-16-13-8-3/h20-21,23-24,49-50H,6-19,22,25-48H2,1-5H3/b21-20-,24-23-. The van der Waals surface area contributed by atoms with Gasteiger partial charge in [-0.15, -0.1) is 0 Å². The first-order valence-electron chi connectivity index (χ1n) is 26.1. The van der Waals surface area contributed by atoms with Crippen LogP contribution in [0.5, 0.6) is 0 Å². The Morgan fingerprint density at radius 2 is 0.918 bits per heavy atom. The van der Waals surface area contributed by atoms with Crippen molar-refractivity contribution >= 4 is 18.1 Å². The third-order valence-electron chi connectivity index (χ3n) is 11.8. The summed E-state index contributed by atoms with van der Waals surface area (Å²) in [5, 5.41) is 0. The van der Waals surface area contributed by atoms with Gasteiger partial charge >= 0.3 is 18.1 Å². The smallest absolute Gasteiger partial charge is 0.465 e. The zero-order valence-corrected chi connectivity index (χ0v) is 40.8. The Kier molecular flexibility index (Phi) is 45.3. The van der Waals surface area contributed by atoms with E-state index in [9.17, 15) is 14.4 Å². The van der Waals surface area contributed by atoms with E-state index in [0.717, 1.165) is 116 Å². The summed E-state index contributed by atoms with van der Waals surface area (Å²) in [6.07, 6.45) is 44.1. The quantitative estimate of drug-likeness (QED) is 0.0259. The van der Waals surface area contributed by atoms with Crippen LogP contribution in [0.4, 0.5) is 4.79 Å². The summed E-state index contributed by atoms with van der Waals surface area (Å²) in [5.41, 5.74) is 0. The zero-order valence-electron chi connectivity index (χ0n) is 40.8. The molecule has 0 amide bonds. The maximum absolute atomic E-state index is 12.9. The molecule has 0 aromatic heterocycles. The van der Waals surface area contributed by atoms with Crippen molar-refractivity contribution in [2.75, 3.05) is 39.5 Å². The van der Waals surface area contributed by atoms with Gasteiger partial charge in [-0.1, -0.05) is 174 Å². The molecule has 0 saturated heterocycles. The van der Waals surface area contributed by atoms with E-state index in [1.165, 1.54) is 103 Å². The summed E-state index contributed by atoms with van der Waals surface area (Å²) >= 11 is 0. The number of unbranched alkanes of at least 4 members (excludes halogenated alkanes) is 21. The van der Waals surface area contributed by atoms with E-state index in [0.29, 0.717) is 19.4 Å². The third-order valence-corrected chi connectivity index (χ3v) is 11.8. The minimum atomic E-state index is -0.661. The van der Waals surface area contributed by atoms with E-state index in [1.54, 1.807) is 0 Å². The summed E-state index contributed by atoms with van der Waals surface area (Å²) < 4.78 is 22.6. The maximum Gasteiger partial charge on any atom is 0.508 e. The molecule has 0 spiro atoms. The lowest BCUT2D eigenvalue weighted by Crippen LogP contribution is -2.25. The highest BCUT2D eigenvalue weighted by atomic mass is 16.7. The van der Waals surface area contributed by atoms with Gasteiger partial charge in [0.1, 0.15) is 12.7 Å². The van der Waals surface area contributed by atoms with Gasteiger partial charge in [-0.3, -0.25) is 9.59 Å². The van der Waals surface area contributed by atoms with Gasteiger partial charge in [0.2, 0.25) is 0 Å². The van der Waals surface area contributed by atoms with Crippen LogP contribution >= 0.6 is 0 Å². The Labute approximate surface area is 377 Å². The number of nitrogens with zero attached hydrogens (tertiary/aromatic N) is 1. The second-order valence-electron chi connectivity index (χ2n) is 17.5. The molecule has 1 unspecified atom stereocenters. The second kappa shape index (κ2) is 47.1. The molecule has 0 heterocycles. The second-order valence-corrected chi connectivity index (χ2v) is 17.5. The van der Waals surface area contributed by atoms with Crippen molar-refractivity contribution in [3.05, 3.63) is 24.3 Å². The molecule has 8 nitrogen and oxygen atoms in total.